The number of amides is 1. The van der Waals surface area contributed by atoms with Gasteiger partial charge in [0.05, 0.1) is 13.2 Å². The van der Waals surface area contributed by atoms with Gasteiger partial charge in [0.25, 0.3) is 0 Å². The normalized spacial score (nSPS) is 14.9. The van der Waals surface area contributed by atoms with Crippen LogP contribution in [0, 0.1) is 0 Å². The zero-order valence-corrected chi connectivity index (χ0v) is 21.2. The van der Waals surface area contributed by atoms with Crippen LogP contribution in [-0.2, 0) is 4.79 Å². The third-order valence-electron chi connectivity index (χ3n) is 5.33. The Balaban J connectivity index is 0.00000363. The number of nitrogens with zero attached hydrogens (tertiary/aromatic N) is 2. The molecule has 0 radical (unpaired) electrons. The maximum Gasteiger partial charge on any atom is 0.246 e. The van der Waals surface area contributed by atoms with Crippen LogP contribution < -0.4 is 20.7 Å². The van der Waals surface area contributed by atoms with Crippen LogP contribution in [0.1, 0.15) is 31.4 Å². The van der Waals surface area contributed by atoms with Gasteiger partial charge in [-0.1, -0.05) is 30.3 Å². The SMILES string of the molecule is CCNC(=NCC(=O)Nc1ccccc1)NCC(c1ccc(OC)cc1)N1CCCC1.I. The molecule has 3 rings (SSSR count). The fourth-order valence-electron chi connectivity index (χ4n) is 3.75. The molecule has 1 heterocycles. The summed E-state index contributed by atoms with van der Waals surface area (Å²) in [5.41, 5.74) is 2.02. The molecule has 1 unspecified atom stereocenters. The maximum atomic E-state index is 12.3. The van der Waals surface area contributed by atoms with Gasteiger partial charge in [-0.05, 0) is 62.7 Å². The topological polar surface area (TPSA) is 78.0 Å². The summed E-state index contributed by atoms with van der Waals surface area (Å²) in [6, 6.07) is 17.9. The summed E-state index contributed by atoms with van der Waals surface area (Å²) in [6.07, 6.45) is 2.45. The van der Waals surface area contributed by atoms with Crippen molar-refractivity contribution < 1.29 is 9.53 Å². The summed E-state index contributed by atoms with van der Waals surface area (Å²) in [5.74, 6) is 1.36. The van der Waals surface area contributed by atoms with E-state index in [-0.39, 0.29) is 42.5 Å². The number of halogens is 1. The number of likely N-dealkylation sites (tertiary alicyclic amines) is 1. The largest absolute Gasteiger partial charge is 0.497 e. The van der Waals surface area contributed by atoms with E-state index < -0.39 is 0 Å². The van der Waals surface area contributed by atoms with Gasteiger partial charge in [-0.3, -0.25) is 9.69 Å². The minimum atomic E-state index is -0.144. The predicted molar refractivity (Wildman–Crippen MR) is 141 cm³/mol. The van der Waals surface area contributed by atoms with Crippen LogP contribution in [0.2, 0.25) is 0 Å². The van der Waals surface area contributed by atoms with Crippen LogP contribution in [0.4, 0.5) is 5.69 Å². The molecule has 0 saturated carbocycles. The summed E-state index contributed by atoms with van der Waals surface area (Å²) in [6.45, 7) is 5.68. The number of anilines is 1. The van der Waals surface area contributed by atoms with Crippen LogP contribution in [0.5, 0.6) is 5.75 Å². The Morgan fingerprint density at radius 1 is 1.06 bits per heavy atom. The molecule has 1 saturated heterocycles. The lowest BCUT2D eigenvalue weighted by atomic mass is 10.1. The molecule has 1 fully saturated rings. The summed E-state index contributed by atoms with van der Waals surface area (Å²) >= 11 is 0. The Morgan fingerprint density at radius 3 is 2.38 bits per heavy atom. The van der Waals surface area contributed by atoms with E-state index in [0.29, 0.717) is 12.5 Å². The van der Waals surface area contributed by atoms with Crippen LogP contribution in [0.15, 0.2) is 59.6 Å². The molecular formula is C24H34IN5O2. The van der Waals surface area contributed by atoms with Crippen molar-refractivity contribution in [1.82, 2.24) is 15.5 Å². The average molecular weight is 551 g/mol. The summed E-state index contributed by atoms with van der Waals surface area (Å²) < 4.78 is 5.31. The zero-order valence-electron chi connectivity index (χ0n) is 18.8. The molecule has 3 N–H and O–H groups in total. The first-order valence-electron chi connectivity index (χ1n) is 10.9. The molecule has 7 nitrogen and oxygen atoms in total. The van der Waals surface area contributed by atoms with Gasteiger partial charge in [-0.25, -0.2) is 4.99 Å². The third-order valence-corrected chi connectivity index (χ3v) is 5.33. The van der Waals surface area contributed by atoms with Gasteiger partial charge in [-0.2, -0.15) is 0 Å². The Hall–Kier alpha value is -2.33. The van der Waals surface area contributed by atoms with Crippen molar-refractivity contribution in [3.05, 3.63) is 60.2 Å². The Bertz CT molecular complexity index is 839. The highest BCUT2D eigenvalue weighted by molar-refractivity contribution is 14.0. The molecule has 32 heavy (non-hydrogen) atoms. The standard InChI is InChI=1S/C24H33N5O2.HI/c1-3-25-24(27-18-23(30)28-20-9-5-4-6-10-20)26-17-22(29-15-7-8-16-29)19-11-13-21(31-2)14-12-19;/h4-6,9-14,22H,3,7-8,15-18H2,1-2H3,(H,28,30)(H2,25,26,27);1H. The van der Waals surface area contributed by atoms with Crippen molar-refractivity contribution in [3.63, 3.8) is 0 Å². The van der Waals surface area contributed by atoms with Crippen LogP contribution >= 0.6 is 24.0 Å². The molecule has 1 amide bonds. The van der Waals surface area contributed by atoms with E-state index in [9.17, 15) is 4.79 Å². The summed E-state index contributed by atoms with van der Waals surface area (Å²) in [5, 5.41) is 9.53. The molecule has 0 aliphatic carbocycles. The van der Waals surface area contributed by atoms with E-state index in [1.165, 1.54) is 18.4 Å². The van der Waals surface area contributed by atoms with Gasteiger partial charge >= 0.3 is 0 Å². The molecular weight excluding hydrogens is 517 g/mol. The van der Waals surface area contributed by atoms with Crippen molar-refractivity contribution in [2.45, 2.75) is 25.8 Å². The summed E-state index contributed by atoms with van der Waals surface area (Å²) in [4.78, 5) is 19.2. The number of aliphatic imine (C=N–C) groups is 1. The van der Waals surface area contributed by atoms with Crippen molar-refractivity contribution >= 4 is 41.5 Å². The third kappa shape index (κ3) is 7.98. The quantitative estimate of drug-likeness (QED) is 0.252. The number of benzene rings is 2. The van der Waals surface area contributed by atoms with Crippen molar-refractivity contribution in [1.29, 1.82) is 0 Å². The summed E-state index contributed by atoms with van der Waals surface area (Å²) in [7, 11) is 1.68. The first kappa shape index (κ1) is 25.9. The molecule has 2 aromatic carbocycles. The highest BCUT2D eigenvalue weighted by atomic mass is 127. The number of methoxy groups -OCH3 is 1. The molecule has 0 spiro atoms. The number of hydrogen-bond acceptors (Lipinski definition) is 4. The number of hydrogen-bond donors (Lipinski definition) is 3. The second-order valence-corrected chi connectivity index (χ2v) is 7.52. The monoisotopic (exact) mass is 551 g/mol. The van der Waals surface area contributed by atoms with E-state index in [4.69, 9.17) is 4.74 Å². The van der Waals surface area contributed by atoms with E-state index in [0.717, 1.165) is 31.1 Å². The lowest BCUT2D eigenvalue weighted by Gasteiger charge is -2.29. The van der Waals surface area contributed by atoms with E-state index >= 15 is 0 Å². The van der Waals surface area contributed by atoms with Gasteiger partial charge in [0.15, 0.2) is 5.96 Å². The highest BCUT2D eigenvalue weighted by Crippen LogP contribution is 2.26. The average Bonchev–Trinajstić information content (AvgIpc) is 3.33. The molecule has 1 aliphatic heterocycles. The number of nitrogens with one attached hydrogen (secondary N) is 3. The van der Waals surface area contributed by atoms with E-state index in [1.54, 1.807) is 7.11 Å². The second kappa shape index (κ2) is 13.9. The van der Waals surface area contributed by atoms with Crippen molar-refractivity contribution in [2.75, 3.05) is 45.2 Å². The van der Waals surface area contributed by atoms with Crippen LogP contribution in [0.25, 0.3) is 0 Å². The van der Waals surface area contributed by atoms with Gasteiger partial charge in [0.1, 0.15) is 12.3 Å². The number of carbonyl (C=O) groups excluding carboxylic acids is 1. The number of rotatable bonds is 9. The van der Waals surface area contributed by atoms with E-state index in [2.05, 4.69) is 38.0 Å². The smallest absolute Gasteiger partial charge is 0.246 e. The molecule has 174 valence electrons. The fourth-order valence-corrected chi connectivity index (χ4v) is 3.75. The lowest BCUT2D eigenvalue weighted by Crippen LogP contribution is -2.43. The van der Waals surface area contributed by atoms with Gasteiger partial charge in [0.2, 0.25) is 5.91 Å². The number of para-hydroxylation sites is 1. The lowest BCUT2D eigenvalue weighted by molar-refractivity contribution is -0.114. The van der Waals surface area contributed by atoms with Crippen molar-refractivity contribution in [3.8, 4) is 5.75 Å². The maximum absolute atomic E-state index is 12.3. The second-order valence-electron chi connectivity index (χ2n) is 7.52. The molecule has 0 bridgehead atoms. The number of guanidine groups is 1. The minimum absolute atomic E-state index is 0. The zero-order chi connectivity index (χ0) is 21.9. The van der Waals surface area contributed by atoms with Gasteiger partial charge in [-0.15, -0.1) is 24.0 Å². The van der Waals surface area contributed by atoms with Gasteiger partial charge in [0, 0.05) is 18.8 Å². The number of ether oxygens (including phenoxy) is 1. The molecule has 1 aliphatic rings. The molecule has 8 heteroatoms. The Labute approximate surface area is 208 Å². The highest BCUT2D eigenvalue weighted by Gasteiger charge is 2.23. The van der Waals surface area contributed by atoms with Gasteiger partial charge < -0.3 is 20.7 Å². The Morgan fingerprint density at radius 2 is 1.75 bits per heavy atom. The minimum Gasteiger partial charge on any atom is -0.497 e. The van der Waals surface area contributed by atoms with Crippen molar-refractivity contribution in [2.24, 2.45) is 4.99 Å². The first-order chi connectivity index (χ1) is 15.2. The van der Waals surface area contributed by atoms with Crippen LogP contribution in [-0.4, -0.2) is 56.6 Å². The van der Waals surface area contributed by atoms with Crippen LogP contribution in [0.3, 0.4) is 0 Å². The first-order valence-corrected chi connectivity index (χ1v) is 10.9. The molecule has 2 aromatic rings. The molecule has 1 atom stereocenters. The Kier molecular flexibility index (Phi) is 11.3. The predicted octanol–water partition coefficient (Wildman–Crippen LogP) is 3.64. The molecule has 0 aromatic heterocycles. The fraction of sp³-hybridized carbons (Fsp3) is 0.417. The van der Waals surface area contributed by atoms with E-state index in [1.807, 2.05) is 49.4 Å². The number of carbonyl (C=O) groups is 1.